The van der Waals surface area contributed by atoms with Gasteiger partial charge in [-0.3, -0.25) is 24.4 Å². The first-order valence-corrected chi connectivity index (χ1v) is 24.3. The van der Waals surface area contributed by atoms with Gasteiger partial charge in [-0.15, -0.1) is 44.2 Å². The molecule has 0 spiro atoms. The van der Waals surface area contributed by atoms with Gasteiger partial charge in [-0.25, -0.2) is 14.6 Å². The van der Waals surface area contributed by atoms with Crippen LogP contribution < -0.4 is 27.8 Å². The number of amides is 2. The largest absolute Gasteiger partial charge is 0.477 e. The Hall–Kier alpha value is -5.60. The third-order valence-electron chi connectivity index (χ3n) is 8.39. The van der Waals surface area contributed by atoms with E-state index in [0.29, 0.717) is 44.6 Å². The van der Waals surface area contributed by atoms with Crippen LogP contribution in [0.3, 0.4) is 0 Å². The van der Waals surface area contributed by atoms with Gasteiger partial charge in [-0.2, -0.15) is 0 Å². The fraction of sp³-hybridized carbons (Fsp3) is 0.209. The number of carboxylic acids is 1. The Balaban J connectivity index is 0.000000199. The van der Waals surface area contributed by atoms with E-state index in [0.717, 1.165) is 29.8 Å². The van der Waals surface area contributed by atoms with Crippen LogP contribution in [0.2, 0.25) is 0 Å². The predicted octanol–water partition coefficient (Wildman–Crippen LogP) is 9.45. The molecule has 9 rings (SSSR count). The van der Waals surface area contributed by atoms with Crippen molar-refractivity contribution in [3.8, 4) is 10.7 Å². The fourth-order valence-electron chi connectivity index (χ4n) is 4.83. The number of Topliss-reactive ketones (excluding diaryl/α,β-unsaturated/α-hetero) is 1. The highest BCUT2D eigenvalue weighted by Crippen LogP contribution is 2.39. The molecule has 7 aromatic rings. The summed E-state index contributed by atoms with van der Waals surface area (Å²) in [5.74, 6) is -1.20. The van der Waals surface area contributed by atoms with Gasteiger partial charge in [-0.1, -0.05) is 55.2 Å². The van der Waals surface area contributed by atoms with Crippen LogP contribution in [-0.2, 0) is 4.74 Å². The first kappa shape index (κ1) is 54.0. The maximum absolute atomic E-state index is 12.2. The Bertz CT molecular complexity index is 2770. The van der Waals surface area contributed by atoms with Crippen LogP contribution in [0.5, 0.6) is 0 Å². The van der Waals surface area contributed by atoms with Crippen LogP contribution in [-0.4, -0.2) is 84.1 Å². The quantitative estimate of drug-likeness (QED) is 0.0549. The monoisotopic (exact) mass is 1160 g/mol. The van der Waals surface area contributed by atoms with E-state index in [1.807, 2.05) is 11.4 Å². The third kappa shape index (κ3) is 17.9. The lowest BCUT2D eigenvalue weighted by Gasteiger charge is -2.03. The molecule has 7 heterocycles. The normalized spacial score (nSPS) is 12.0. The molecule has 2 aliphatic rings. The Morgan fingerprint density at radius 3 is 1.72 bits per heavy atom. The fourth-order valence-corrected chi connectivity index (χ4v) is 8.17. The number of ether oxygens (including phenoxy) is 1. The summed E-state index contributed by atoms with van der Waals surface area (Å²) in [6.45, 7) is -0.0406. The number of rotatable bonds is 10. The number of esters is 1. The van der Waals surface area contributed by atoms with Crippen LogP contribution in [0.15, 0.2) is 109 Å². The summed E-state index contributed by atoms with van der Waals surface area (Å²) in [5.41, 5.74) is 18.5. The number of nitrogens with zero attached hydrogens (tertiary/aromatic N) is 6. The zero-order valence-corrected chi connectivity index (χ0v) is 41.8. The maximum atomic E-state index is 12.2. The van der Waals surface area contributed by atoms with Crippen molar-refractivity contribution < 1.29 is 33.8 Å². The Labute approximate surface area is 422 Å². The van der Waals surface area contributed by atoms with Gasteiger partial charge in [0.2, 0.25) is 0 Å². The van der Waals surface area contributed by atoms with E-state index in [2.05, 4.69) is 92.9 Å². The molecule has 0 bridgehead atoms. The standard InChI is InChI=1S/C15H12BrN5OS.C12H10BrN3O2S.C6H4BrNO2.C6H7NO2S.C3H7N.CH4/c16-9-3-4-17-12(5-9)15(22)19-10-6-13(23-7-10)14-20-18-8-21(14)11-1-2-11;13-7-1-2-15-9(3-7)12(18)16-8-4-11(19-6-8)10(17)5-14;7-4-1-2-8-5(3-4)6(9)10;1-9-6(8)5-2-4(7)3-10-5;4-3-1-2-3;/h3-8,11H,1-2H2,(H,19,22);1-4,6H,5,14H2,(H,16,18);1-3H,(H,9,10);2-3H,7H2,1H3;3H,1-2,4H2;1H4. The predicted molar refractivity (Wildman–Crippen MR) is 272 cm³/mol. The molecule has 2 fully saturated rings. The smallest absolute Gasteiger partial charge is 0.354 e. The van der Waals surface area contributed by atoms with E-state index in [9.17, 15) is 24.0 Å². The molecule has 352 valence electrons. The Morgan fingerprint density at radius 1 is 0.761 bits per heavy atom. The van der Waals surface area contributed by atoms with Gasteiger partial charge < -0.3 is 42.2 Å². The molecule has 2 amide bonds. The van der Waals surface area contributed by atoms with Crippen molar-refractivity contribution in [2.75, 3.05) is 30.0 Å². The van der Waals surface area contributed by atoms with Gasteiger partial charge in [0.15, 0.2) is 11.6 Å². The Morgan fingerprint density at radius 2 is 1.27 bits per heavy atom. The molecule has 2 saturated carbocycles. The molecule has 0 unspecified atom stereocenters. The minimum atomic E-state index is -1.01. The number of carbonyl (C=O) groups is 5. The summed E-state index contributed by atoms with van der Waals surface area (Å²) in [7, 11) is 1.35. The zero-order chi connectivity index (χ0) is 47.8. The second-order valence-corrected chi connectivity index (χ2v) is 19.2. The van der Waals surface area contributed by atoms with Gasteiger partial charge >= 0.3 is 11.9 Å². The van der Waals surface area contributed by atoms with Crippen molar-refractivity contribution in [1.29, 1.82) is 0 Å². The first-order valence-electron chi connectivity index (χ1n) is 19.3. The van der Waals surface area contributed by atoms with E-state index in [-0.39, 0.29) is 43.2 Å². The number of ketones is 1. The lowest BCUT2D eigenvalue weighted by Crippen LogP contribution is -2.13. The number of nitrogen functional groups attached to an aromatic ring is 1. The van der Waals surface area contributed by atoms with E-state index < -0.39 is 5.97 Å². The molecule has 7 aromatic heterocycles. The lowest BCUT2D eigenvalue weighted by molar-refractivity contribution is 0.0605. The molecular weight excluding hydrogens is 1120 g/mol. The number of halogens is 3. The van der Waals surface area contributed by atoms with Crippen molar-refractivity contribution in [2.45, 2.75) is 45.2 Å². The SMILES string of the molecule is C.COC(=O)c1cc(N)cs1.NC1CC1.NCC(=O)c1cc(NC(=O)c2cc(Br)ccn2)cs1.O=C(Nc1csc(-c2nncn2C2CC2)c1)c1cc(Br)ccn1.O=C(O)c1cc(Br)ccn1. The summed E-state index contributed by atoms with van der Waals surface area (Å²) in [6.07, 6.45) is 11.2. The highest BCUT2D eigenvalue weighted by atomic mass is 79.9. The number of thiophene rings is 3. The number of pyridine rings is 3. The number of anilines is 3. The van der Waals surface area contributed by atoms with E-state index >= 15 is 0 Å². The summed E-state index contributed by atoms with van der Waals surface area (Å²) in [5, 5.41) is 27.5. The number of methoxy groups -OCH3 is 1. The second kappa shape index (κ2) is 26.7. The number of carboxylic acid groups (broad SMARTS) is 1. The van der Waals surface area contributed by atoms with E-state index in [4.69, 9.17) is 22.3 Å². The van der Waals surface area contributed by atoms with Crippen molar-refractivity contribution in [1.82, 2.24) is 29.7 Å². The van der Waals surface area contributed by atoms with Crippen molar-refractivity contribution >= 4 is 128 Å². The van der Waals surface area contributed by atoms with Gasteiger partial charge in [0.1, 0.15) is 28.3 Å². The molecule has 2 aliphatic carbocycles. The van der Waals surface area contributed by atoms with Crippen LogP contribution in [0, 0.1) is 0 Å². The number of aromatic nitrogens is 6. The molecule has 24 heteroatoms. The molecule has 67 heavy (non-hydrogen) atoms. The van der Waals surface area contributed by atoms with E-state index in [1.165, 1.54) is 85.3 Å². The minimum Gasteiger partial charge on any atom is -0.477 e. The number of hydrogen-bond acceptors (Lipinski definition) is 17. The Kier molecular flexibility index (Phi) is 21.5. The zero-order valence-electron chi connectivity index (χ0n) is 34.6. The number of hydrogen-bond donors (Lipinski definition) is 6. The molecule has 0 aromatic carbocycles. The van der Waals surface area contributed by atoms with Gasteiger partial charge in [0.25, 0.3) is 11.8 Å². The second-order valence-electron chi connectivity index (χ2n) is 13.7. The average Bonchev–Trinajstić information content (AvgIpc) is 4.00. The van der Waals surface area contributed by atoms with Crippen molar-refractivity contribution in [3.05, 3.63) is 136 Å². The number of nitrogens with one attached hydrogen (secondary N) is 2. The van der Waals surface area contributed by atoms with Crippen LogP contribution in [0.4, 0.5) is 17.1 Å². The van der Waals surface area contributed by atoms with Crippen molar-refractivity contribution in [2.24, 2.45) is 11.5 Å². The number of carbonyl (C=O) groups excluding carboxylic acids is 4. The molecule has 18 nitrogen and oxygen atoms in total. The van der Waals surface area contributed by atoms with Gasteiger partial charge in [-0.05, 0) is 80.3 Å². The van der Waals surface area contributed by atoms with Gasteiger partial charge in [0, 0.05) is 65.9 Å². The highest BCUT2D eigenvalue weighted by molar-refractivity contribution is 9.11. The summed E-state index contributed by atoms with van der Waals surface area (Å²) in [4.78, 5) is 70.3. The molecule has 0 atom stereocenters. The maximum Gasteiger partial charge on any atom is 0.354 e. The minimum absolute atomic E-state index is 0. The number of nitrogens with two attached hydrogens (primary N) is 3. The lowest BCUT2D eigenvalue weighted by atomic mass is 10.3. The molecular formula is C43H44Br3N11O7S3. The summed E-state index contributed by atoms with van der Waals surface area (Å²) in [6, 6.07) is 16.2. The van der Waals surface area contributed by atoms with Crippen LogP contribution >= 0.6 is 81.8 Å². The molecule has 0 saturated heterocycles. The first-order chi connectivity index (χ1) is 31.6. The average molecular weight is 1160 g/mol. The van der Waals surface area contributed by atoms with Crippen molar-refractivity contribution in [3.63, 3.8) is 0 Å². The topological polar surface area (TPSA) is 286 Å². The molecule has 0 radical (unpaired) electrons. The summed E-state index contributed by atoms with van der Waals surface area (Å²) < 4.78 is 8.89. The molecule has 0 aliphatic heterocycles. The number of aromatic carboxylic acids is 1. The summed E-state index contributed by atoms with van der Waals surface area (Å²) >= 11 is 13.8. The van der Waals surface area contributed by atoms with Gasteiger partial charge in [0.05, 0.1) is 34.8 Å². The van der Waals surface area contributed by atoms with Crippen LogP contribution in [0.25, 0.3) is 10.7 Å². The molecule has 9 N–H and O–H groups in total. The third-order valence-corrected chi connectivity index (χ3v) is 12.7. The highest BCUT2D eigenvalue weighted by Gasteiger charge is 2.27. The van der Waals surface area contributed by atoms with E-state index in [1.54, 1.807) is 65.7 Å². The van der Waals surface area contributed by atoms with Crippen LogP contribution in [0.1, 0.15) is 90.0 Å².